The molecular weight excluding hydrogens is 682 g/mol. The van der Waals surface area contributed by atoms with Crippen molar-refractivity contribution in [1.29, 1.82) is 0 Å². The lowest BCUT2D eigenvalue weighted by molar-refractivity contribution is -0.147. The number of hydrogen-bond acceptors (Lipinski definition) is 10. The maximum absolute atomic E-state index is 14.0. The smallest absolute Gasteiger partial charge is 0.434 e. The summed E-state index contributed by atoms with van der Waals surface area (Å²) in [4.78, 5) is 58.5. The van der Waals surface area contributed by atoms with E-state index < -0.39 is 41.4 Å². The highest BCUT2D eigenvalue weighted by molar-refractivity contribution is 7.13. The Morgan fingerprint density at radius 1 is 1.12 bits per heavy atom. The van der Waals surface area contributed by atoms with Gasteiger partial charge in [-0.15, -0.1) is 22.7 Å². The summed E-state index contributed by atoms with van der Waals surface area (Å²) >= 11 is 2.34. The van der Waals surface area contributed by atoms with Crippen LogP contribution in [0.15, 0.2) is 29.7 Å². The number of aromatic nitrogens is 3. The van der Waals surface area contributed by atoms with Crippen molar-refractivity contribution in [3.8, 4) is 28.0 Å². The van der Waals surface area contributed by atoms with Crippen LogP contribution in [0.4, 0.5) is 18.0 Å². The molecule has 4 atom stereocenters. The largest absolute Gasteiger partial charge is 0.474 e. The number of alkyl halides is 3. The van der Waals surface area contributed by atoms with E-state index in [-0.39, 0.29) is 41.6 Å². The molecular formula is C33H37F3N6O5S2. The van der Waals surface area contributed by atoms with Crippen LogP contribution in [0.3, 0.4) is 0 Å². The molecule has 2 fully saturated rings. The van der Waals surface area contributed by atoms with E-state index in [1.807, 2.05) is 32.1 Å². The quantitative estimate of drug-likeness (QED) is 0.251. The molecule has 0 bridgehead atoms. The van der Waals surface area contributed by atoms with E-state index in [2.05, 4.69) is 20.3 Å². The van der Waals surface area contributed by atoms with E-state index in [1.54, 1.807) is 29.4 Å². The van der Waals surface area contributed by atoms with Gasteiger partial charge in [-0.2, -0.15) is 18.2 Å². The van der Waals surface area contributed by atoms with E-state index in [4.69, 9.17) is 9.47 Å². The number of halogens is 3. The maximum atomic E-state index is 14.0. The molecule has 11 nitrogen and oxygen atoms in total. The predicted octanol–water partition coefficient (Wildman–Crippen LogP) is 6.02. The number of hydrogen-bond donors (Lipinski definition) is 1. The molecule has 3 aromatic heterocycles. The molecule has 0 spiro atoms. The number of carbonyl (C=O) groups is 3. The Labute approximate surface area is 289 Å². The number of nitrogens with one attached hydrogen (secondary N) is 1. The van der Waals surface area contributed by atoms with Gasteiger partial charge in [0.2, 0.25) is 11.8 Å². The molecule has 262 valence electrons. The van der Waals surface area contributed by atoms with Crippen molar-refractivity contribution in [2.45, 2.75) is 76.2 Å². The monoisotopic (exact) mass is 718 g/mol. The van der Waals surface area contributed by atoms with Crippen LogP contribution in [-0.2, 0) is 20.5 Å². The Bertz CT molecular complexity index is 1780. The molecule has 3 aliphatic rings. The van der Waals surface area contributed by atoms with Gasteiger partial charge in [0.25, 0.3) is 0 Å². The van der Waals surface area contributed by atoms with Crippen molar-refractivity contribution in [1.82, 2.24) is 30.1 Å². The Kier molecular flexibility index (Phi) is 9.72. The Morgan fingerprint density at radius 3 is 2.61 bits per heavy atom. The molecule has 3 aromatic rings. The molecule has 3 amide bonds. The van der Waals surface area contributed by atoms with Gasteiger partial charge in [-0.3, -0.25) is 4.79 Å². The number of esters is 1. The first kappa shape index (κ1) is 34.8. The van der Waals surface area contributed by atoms with Crippen LogP contribution in [0.25, 0.3) is 22.1 Å². The number of methoxy groups -OCH3 is 1. The summed E-state index contributed by atoms with van der Waals surface area (Å²) < 4.78 is 51.7. The van der Waals surface area contributed by atoms with Crippen LogP contribution in [0.2, 0.25) is 0 Å². The van der Waals surface area contributed by atoms with Gasteiger partial charge in [-0.25, -0.2) is 19.6 Å². The van der Waals surface area contributed by atoms with Crippen molar-refractivity contribution in [3.05, 3.63) is 45.1 Å². The van der Waals surface area contributed by atoms with Crippen molar-refractivity contribution in [2.24, 2.45) is 5.92 Å². The molecule has 6 rings (SSSR count). The number of amides is 3. The zero-order valence-electron chi connectivity index (χ0n) is 27.5. The van der Waals surface area contributed by atoms with E-state index >= 15 is 0 Å². The van der Waals surface area contributed by atoms with Gasteiger partial charge in [0.1, 0.15) is 17.7 Å². The van der Waals surface area contributed by atoms with Crippen LogP contribution in [0, 0.1) is 19.8 Å². The number of carbonyl (C=O) groups excluding carboxylic acids is 3. The van der Waals surface area contributed by atoms with Crippen molar-refractivity contribution in [3.63, 3.8) is 0 Å². The standard InChI is InChI=1S/C33H37F3N6O5S2/c1-18-13-22(19(2)49-18)23-15-26(39-27(37-23)29-38-25(17-48-29)33(34,35)36)47-21-10-12-42-24(14-21)28(43)40-32(30(44)46-4)16-20(32)9-7-5-6-8-11-41(3)31(42)45/h7,9,13,15,17,20-21,24H,5-6,8,10-12,14,16H2,1-4H3,(H,40,43)/b9-7-/t20-,21+,24+,32-/m1/s1. The number of urea groups is 1. The van der Waals surface area contributed by atoms with Crippen LogP contribution in [0.5, 0.6) is 5.88 Å². The second kappa shape index (κ2) is 13.7. The summed E-state index contributed by atoms with van der Waals surface area (Å²) in [6.45, 7) is 4.59. The number of ether oxygens (including phenoxy) is 2. The lowest BCUT2D eigenvalue weighted by atomic mass is 9.98. The number of nitrogens with zero attached hydrogens (tertiary/aromatic N) is 5. The lowest BCUT2D eigenvalue weighted by Crippen LogP contribution is -2.60. The van der Waals surface area contributed by atoms with Crippen molar-refractivity contribution in [2.75, 3.05) is 27.2 Å². The van der Waals surface area contributed by atoms with Gasteiger partial charge in [0, 0.05) is 65.7 Å². The van der Waals surface area contributed by atoms with Gasteiger partial charge < -0.3 is 24.6 Å². The minimum Gasteiger partial charge on any atom is -0.474 e. The van der Waals surface area contributed by atoms with Crippen LogP contribution in [0.1, 0.15) is 54.0 Å². The van der Waals surface area contributed by atoms with Gasteiger partial charge in [0.05, 0.1) is 12.8 Å². The summed E-state index contributed by atoms with van der Waals surface area (Å²) in [6, 6.07) is 2.29. The number of thiophene rings is 1. The minimum absolute atomic E-state index is 0.0151. The molecule has 1 N–H and O–H groups in total. The molecule has 2 aliphatic heterocycles. The van der Waals surface area contributed by atoms with Gasteiger partial charge in [-0.05, 0) is 45.6 Å². The highest BCUT2D eigenvalue weighted by Crippen LogP contribution is 2.46. The summed E-state index contributed by atoms with van der Waals surface area (Å²) in [5.41, 5.74) is -0.995. The predicted molar refractivity (Wildman–Crippen MR) is 177 cm³/mol. The molecule has 5 heterocycles. The molecule has 49 heavy (non-hydrogen) atoms. The third kappa shape index (κ3) is 7.30. The Hall–Kier alpha value is -4.05. The van der Waals surface area contributed by atoms with Gasteiger partial charge >= 0.3 is 18.2 Å². The third-order valence-corrected chi connectivity index (χ3v) is 10.9. The number of rotatable bonds is 5. The fourth-order valence-corrected chi connectivity index (χ4v) is 8.11. The minimum atomic E-state index is -4.62. The van der Waals surface area contributed by atoms with Crippen LogP contribution < -0.4 is 10.1 Å². The SMILES string of the molecule is COC(=O)[C@@]12C[C@H]1/C=C\CCCCN(C)C(=O)N1CC[C@H](Oc3cc(-c4cc(C)sc4C)nc(-c4nc(C(F)(F)F)cs4)n3)C[C@H]1C(=O)N2. The second-order valence-corrected chi connectivity index (χ2v) is 15.0. The number of piperidine rings is 1. The molecule has 1 saturated carbocycles. The van der Waals surface area contributed by atoms with Gasteiger partial charge in [0.15, 0.2) is 16.5 Å². The zero-order chi connectivity index (χ0) is 35.1. The van der Waals surface area contributed by atoms with Gasteiger partial charge in [-0.1, -0.05) is 12.2 Å². The summed E-state index contributed by atoms with van der Waals surface area (Å²) in [5, 5.41) is 3.82. The summed E-state index contributed by atoms with van der Waals surface area (Å²) in [7, 11) is 2.98. The third-order valence-electron chi connectivity index (χ3n) is 9.12. The van der Waals surface area contributed by atoms with Crippen LogP contribution >= 0.6 is 22.7 Å². The maximum Gasteiger partial charge on any atom is 0.434 e. The Morgan fingerprint density at radius 2 is 1.92 bits per heavy atom. The first-order chi connectivity index (χ1) is 23.3. The average molecular weight is 719 g/mol. The molecule has 1 saturated heterocycles. The van der Waals surface area contributed by atoms with Crippen molar-refractivity contribution >= 4 is 40.6 Å². The zero-order valence-corrected chi connectivity index (χ0v) is 29.1. The van der Waals surface area contributed by atoms with E-state index in [1.165, 1.54) is 12.0 Å². The number of fused-ring (bicyclic) bond motifs is 2. The molecule has 0 unspecified atom stereocenters. The molecule has 0 aromatic carbocycles. The molecule has 16 heteroatoms. The normalized spacial score (nSPS) is 25.5. The first-order valence-electron chi connectivity index (χ1n) is 16.0. The topological polar surface area (TPSA) is 127 Å². The van der Waals surface area contributed by atoms with E-state index in [9.17, 15) is 27.6 Å². The summed E-state index contributed by atoms with van der Waals surface area (Å²) in [5.74, 6) is -1.18. The number of thiazole rings is 1. The average Bonchev–Trinajstić information content (AvgIpc) is 3.34. The summed E-state index contributed by atoms with van der Waals surface area (Å²) in [6.07, 6.45) is 2.00. The molecule has 1 aliphatic carbocycles. The fraction of sp³-hybridized carbons (Fsp3) is 0.515. The highest BCUT2D eigenvalue weighted by atomic mass is 32.1. The highest BCUT2D eigenvalue weighted by Gasteiger charge is 2.62. The first-order valence-corrected chi connectivity index (χ1v) is 17.7. The van der Waals surface area contributed by atoms with E-state index in [0.29, 0.717) is 25.1 Å². The second-order valence-electron chi connectivity index (χ2n) is 12.6. The van der Waals surface area contributed by atoms with Crippen molar-refractivity contribution < 1.29 is 37.0 Å². The van der Waals surface area contributed by atoms with E-state index in [0.717, 1.165) is 51.3 Å². The fourth-order valence-electron chi connectivity index (χ4n) is 6.42. The number of allylic oxidation sites excluding steroid dienone is 1. The number of aryl methyl sites for hydroxylation is 2. The lowest BCUT2D eigenvalue weighted by Gasteiger charge is -2.40. The molecule has 0 radical (unpaired) electrons. The Balaban J connectivity index is 1.31. The van der Waals surface area contributed by atoms with Crippen LogP contribution in [-0.4, -0.2) is 87.6 Å².